The number of carboxylic acids is 1. The standard InChI is InChI=1S/C14H11F3N2O2/c1-9-4-2-3-5-11(9)19-13(14(15,16)17)10(8-18-19)6-7-12(20)21/h2-8H,1H3,(H,20,21)/b7-6+. The molecule has 1 heterocycles. The van der Waals surface area contributed by atoms with Crippen LogP contribution < -0.4 is 0 Å². The van der Waals surface area contributed by atoms with Crippen LogP contribution in [0.3, 0.4) is 0 Å². The second-order valence-electron chi connectivity index (χ2n) is 4.32. The van der Waals surface area contributed by atoms with Crippen molar-refractivity contribution in [3.8, 4) is 5.69 Å². The summed E-state index contributed by atoms with van der Waals surface area (Å²) >= 11 is 0. The maximum atomic E-state index is 13.2. The van der Waals surface area contributed by atoms with E-state index >= 15 is 0 Å². The number of rotatable bonds is 3. The first-order valence-corrected chi connectivity index (χ1v) is 5.93. The van der Waals surface area contributed by atoms with Crippen molar-refractivity contribution in [1.82, 2.24) is 9.78 Å². The minimum absolute atomic E-state index is 0.291. The molecular formula is C14H11F3N2O2. The summed E-state index contributed by atoms with van der Waals surface area (Å²) in [5.41, 5.74) is -0.387. The molecule has 0 spiro atoms. The van der Waals surface area contributed by atoms with E-state index in [2.05, 4.69) is 5.10 Å². The molecule has 0 atom stereocenters. The van der Waals surface area contributed by atoms with Crippen LogP contribution in [0.25, 0.3) is 11.8 Å². The molecule has 1 aromatic heterocycles. The Morgan fingerprint density at radius 2 is 2.00 bits per heavy atom. The second kappa shape index (κ2) is 5.43. The third-order valence-corrected chi connectivity index (χ3v) is 2.82. The van der Waals surface area contributed by atoms with E-state index < -0.39 is 17.8 Å². The van der Waals surface area contributed by atoms with Gasteiger partial charge in [-0.2, -0.15) is 18.3 Å². The molecule has 0 radical (unpaired) electrons. The van der Waals surface area contributed by atoms with Crippen LogP contribution in [0, 0.1) is 6.92 Å². The molecule has 0 saturated carbocycles. The minimum atomic E-state index is -4.66. The molecule has 7 heteroatoms. The van der Waals surface area contributed by atoms with E-state index in [1.807, 2.05) is 0 Å². The zero-order valence-corrected chi connectivity index (χ0v) is 10.9. The fourth-order valence-electron chi connectivity index (χ4n) is 1.91. The SMILES string of the molecule is Cc1ccccc1-n1ncc(/C=C/C(=O)O)c1C(F)(F)F. The van der Waals surface area contributed by atoms with Gasteiger partial charge in [-0.3, -0.25) is 0 Å². The zero-order valence-electron chi connectivity index (χ0n) is 10.9. The first kappa shape index (κ1) is 14.8. The van der Waals surface area contributed by atoms with Crippen LogP contribution in [0.4, 0.5) is 13.2 Å². The molecule has 0 amide bonds. The van der Waals surface area contributed by atoms with Crippen molar-refractivity contribution in [3.05, 3.63) is 53.4 Å². The van der Waals surface area contributed by atoms with Crippen LogP contribution in [0.1, 0.15) is 16.8 Å². The Morgan fingerprint density at radius 3 is 2.57 bits per heavy atom. The normalized spacial score (nSPS) is 12.0. The van der Waals surface area contributed by atoms with Gasteiger partial charge in [-0.1, -0.05) is 18.2 Å². The number of carboxylic acid groups (broad SMARTS) is 1. The predicted octanol–water partition coefficient (Wildman–Crippen LogP) is 3.30. The predicted molar refractivity (Wildman–Crippen MR) is 70.0 cm³/mol. The number of para-hydroxylation sites is 1. The Balaban J connectivity index is 2.63. The van der Waals surface area contributed by atoms with Gasteiger partial charge in [-0.25, -0.2) is 9.48 Å². The Labute approximate surface area is 118 Å². The molecule has 2 rings (SSSR count). The maximum Gasteiger partial charge on any atom is 0.434 e. The van der Waals surface area contributed by atoms with Gasteiger partial charge in [0.1, 0.15) is 0 Å². The largest absolute Gasteiger partial charge is 0.478 e. The third-order valence-electron chi connectivity index (χ3n) is 2.82. The van der Waals surface area contributed by atoms with Crippen molar-refractivity contribution in [2.24, 2.45) is 0 Å². The Kier molecular flexibility index (Phi) is 3.84. The number of benzene rings is 1. The summed E-state index contributed by atoms with van der Waals surface area (Å²) in [4.78, 5) is 10.5. The smallest absolute Gasteiger partial charge is 0.434 e. The van der Waals surface area contributed by atoms with Gasteiger partial charge < -0.3 is 5.11 Å². The van der Waals surface area contributed by atoms with Gasteiger partial charge in [-0.15, -0.1) is 0 Å². The molecule has 1 N–H and O–H groups in total. The van der Waals surface area contributed by atoms with Crippen LogP contribution in [0.15, 0.2) is 36.5 Å². The lowest BCUT2D eigenvalue weighted by molar-refractivity contribution is -0.143. The summed E-state index contributed by atoms with van der Waals surface area (Å²) < 4.78 is 40.5. The van der Waals surface area contributed by atoms with Gasteiger partial charge in [0.15, 0.2) is 5.69 Å². The average molecular weight is 296 g/mol. The summed E-state index contributed by atoms with van der Waals surface area (Å²) in [6.45, 7) is 1.67. The molecule has 4 nitrogen and oxygen atoms in total. The number of aliphatic carboxylic acids is 1. The van der Waals surface area contributed by atoms with Crippen LogP contribution in [-0.4, -0.2) is 20.9 Å². The van der Waals surface area contributed by atoms with E-state index in [-0.39, 0.29) is 5.56 Å². The maximum absolute atomic E-state index is 13.2. The Hall–Kier alpha value is -2.57. The Morgan fingerprint density at radius 1 is 1.33 bits per heavy atom. The number of halogens is 3. The molecule has 0 fully saturated rings. The second-order valence-corrected chi connectivity index (χ2v) is 4.32. The van der Waals surface area contributed by atoms with E-state index in [1.54, 1.807) is 25.1 Å². The number of hydrogen-bond donors (Lipinski definition) is 1. The molecular weight excluding hydrogens is 285 g/mol. The van der Waals surface area contributed by atoms with Crippen molar-refractivity contribution in [2.45, 2.75) is 13.1 Å². The van der Waals surface area contributed by atoms with Crippen molar-refractivity contribution >= 4 is 12.0 Å². The van der Waals surface area contributed by atoms with Gasteiger partial charge in [0.25, 0.3) is 0 Å². The lowest BCUT2D eigenvalue weighted by Gasteiger charge is -2.13. The number of aryl methyl sites for hydroxylation is 1. The molecule has 0 unspecified atom stereocenters. The van der Waals surface area contributed by atoms with Crippen LogP contribution in [0.2, 0.25) is 0 Å². The highest BCUT2D eigenvalue weighted by Crippen LogP contribution is 2.34. The summed E-state index contributed by atoms with van der Waals surface area (Å²) in [6, 6.07) is 6.50. The van der Waals surface area contributed by atoms with E-state index in [4.69, 9.17) is 5.11 Å². The number of carbonyl (C=O) groups is 1. The molecule has 0 bridgehead atoms. The molecule has 0 aliphatic rings. The van der Waals surface area contributed by atoms with E-state index in [1.165, 1.54) is 6.07 Å². The Bertz CT molecular complexity index is 702. The van der Waals surface area contributed by atoms with Gasteiger partial charge >= 0.3 is 12.1 Å². The summed E-state index contributed by atoms with van der Waals surface area (Å²) in [7, 11) is 0. The lowest BCUT2D eigenvalue weighted by Crippen LogP contribution is -2.15. The van der Waals surface area contributed by atoms with E-state index in [9.17, 15) is 18.0 Å². The first-order chi connectivity index (χ1) is 9.80. The third kappa shape index (κ3) is 3.13. The topological polar surface area (TPSA) is 55.1 Å². The lowest BCUT2D eigenvalue weighted by atomic mass is 10.2. The molecule has 0 aliphatic heterocycles. The highest BCUT2D eigenvalue weighted by Gasteiger charge is 2.38. The number of hydrogen-bond acceptors (Lipinski definition) is 2. The fourth-order valence-corrected chi connectivity index (χ4v) is 1.91. The van der Waals surface area contributed by atoms with Crippen molar-refractivity contribution < 1.29 is 23.1 Å². The molecule has 0 aliphatic carbocycles. The molecule has 1 aromatic carbocycles. The highest BCUT2D eigenvalue weighted by atomic mass is 19.4. The molecule has 0 saturated heterocycles. The van der Waals surface area contributed by atoms with Gasteiger partial charge in [0.05, 0.1) is 11.9 Å². The molecule has 2 aromatic rings. The van der Waals surface area contributed by atoms with Crippen LogP contribution in [0.5, 0.6) is 0 Å². The molecule has 110 valence electrons. The first-order valence-electron chi connectivity index (χ1n) is 5.93. The van der Waals surface area contributed by atoms with Crippen LogP contribution in [-0.2, 0) is 11.0 Å². The number of aromatic nitrogens is 2. The molecule has 21 heavy (non-hydrogen) atoms. The van der Waals surface area contributed by atoms with Gasteiger partial charge in [0, 0.05) is 11.6 Å². The van der Waals surface area contributed by atoms with Crippen molar-refractivity contribution in [2.75, 3.05) is 0 Å². The zero-order chi connectivity index (χ0) is 15.6. The summed E-state index contributed by atoms with van der Waals surface area (Å²) in [6.07, 6.45) is -2.13. The number of nitrogens with zero attached hydrogens (tertiary/aromatic N) is 2. The average Bonchev–Trinajstić information content (AvgIpc) is 2.80. The fraction of sp³-hybridized carbons (Fsp3) is 0.143. The van der Waals surface area contributed by atoms with E-state index in [0.717, 1.165) is 17.0 Å². The van der Waals surface area contributed by atoms with Crippen molar-refractivity contribution in [3.63, 3.8) is 0 Å². The summed E-state index contributed by atoms with van der Waals surface area (Å²) in [5, 5.41) is 12.3. The highest BCUT2D eigenvalue weighted by molar-refractivity contribution is 5.85. The van der Waals surface area contributed by atoms with Crippen LogP contribution >= 0.6 is 0 Å². The number of alkyl halides is 3. The monoisotopic (exact) mass is 296 g/mol. The quantitative estimate of drug-likeness (QED) is 0.884. The summed E-state index contributed by atoms with van der Waals surface area (Å²) in [5.74, 6) is -1.33. The minimum Gasteiger partial charge on any atom is -0.478 e. The van der Waals surface area contributed by atoms with Gasteiger partial charge in [-0.05, 0) is 24.6 Å². The van der Waals surface area contributed by atoms with E-state index in [0.29, 0.717) is 17.3 Å². The van der Waals surface area contributed by atoms with Crippen molar-refractivity contribution in [1.29, 1.82) is 0 Å². The van der Waals surface area contributed by atoms with Gasteiger partial charge in [0.2, 0.25) is 0 Å².